The van der Waals surface area contributed by atoms with Crippen LogP contribution in [0.15, 0.2) is 66.5 Å². The highest BCUT2D eigenvalue weighted by Gasteiger charge is 2.30. The van der Waals surface area contributed by atoms with Gasteiger partial charge in [-0.15, -0.1) is 0 Å². The summed E-state index contributed by atoms with van der Waals surface area (Å²) in [4.78, 5) is 18.7. The highest BCUT2D eigenvalue weighted by Crippen LogP contribution is 2.35. The van der Waals surface area contributed by atoms with E-state index in [0.29, 0.717) is 13.1 Å². The average Bonchev–Trinajstić information content (AvgIpc) is 3.50. The second-order valence-corrected chi connectivity index (χ2v) is 10.4. The van der Waals surface area contributed by atoms with Crippen LogP contribution in [0.25, 0.3) is 0 Å². The molecule has 5 rings (SSSR count). The van der Waals surface area contributed by atoms with Crippen molar-refractivity contribution in [3.63, 3.8) is 0 Å². The molecule has 0 spiro atoms. The van der Waals surface area contributed by atoms with E-state index in [2.05, 4.69) is 46.0 Å². The van der Waals surface area contributed by atoms with Gasteiger partial charge < -0.3 is 20.3 Å². The minimum absolute atomic E-state index is 0.180. The van der Waals surface area contributed by atoms with Crippen molar-refractivity contribution in [3.8, 4) is 0 Å². The van der Waals surface area contributed by atoms with Gasteiger partial charge in [0.2, 0.25) is 0 Å². The molecule has 0 aliphatic carbocycles. The number of hydrogen-bond acceptors (Lipinski definition) is 6. The molecule has 1 unspecified atom stereocenters. The Bertz CT molecular complexity index is 1240. The smallest absolute Gasteiger partial charge is 0.410 e. The molecule has 0 saturated carbocycles. The minimum atomic E-state index is -0.484. The van der Waals surface area contributed by atoms with Crippen LogP contribution in [-0.4, -0.2) is 50.5 Å². The monoisotopic (exact) mass is 486 g/mol. The second-order valence-electron chi connectivity index (χ2n) is 10.4. The summed E-state index contributed by atoms with van der Waals surface area (Å²) in [7, 11) is 0. The molecule has 2 aliphatic heterocycles. The maximum Gasteiger partial charge on any atom is 0.410 e. The number of pyridine rings is 1. The third-order valence-electron chi connectivity index (χ3n) is 6.49. The first-order chi connectivity index (χ1) is 17.3. The van der Waals surface area contributed by atoms with Gasteiger partial charge in [0.25, 0.3) is 0 Å². The van der Waals surface area contributed by atoms with Crippen LogP contribution in [0.1, 0.15) is 38.3 Å². The van der Waals surface area contributed by atoms with Gasteiger partial charge >= 0.3 is 6.09 Å². The molecule has 8 heteroatoms. The van der Waals surface area contributed by atoms with E-state index in [1.807, 2.05) is 56.0 Å². The first kappa shape index (κ1) is 23.9. The van der Waals surface area contributed by atoms with Gasteiger partial charge in [-0.1, -0.05) is 36.4 Å². The number of fused-ring (bicyclic) bond motifs is 1. The van der Waals surface area contributed by atoms with Gasteiger partial charge in [0.15, 0.2) is 5.82 Å². The molecule has 2 aliphatic rings. The normalized spacial score (nSPS) is 17.2. The van der Waals surface area contributed by atoms with E-state index >= 15 is 0 Å². The van der Waals surface area contributed by atoms with E-state index in [4.69, 9.17) is 9.84 Å². The number of carbonyl (C=O) groups is 1. The topological polar surface area (TPSA) is 84.3 Å². The Kier molecular flexibility index (Phi) is 6.67. The highest BCUT2D eigenvalue weighted by molar-refractivity contribution is 5.71. The van der Waals surface area contributed by atoms with E-state index in [9.17, 15) is 4.79 Å². The van der Waals surface area contributed by atoms with E-state index in [1.165, 1.54) is 11.1 Å². The zero-order valence-electron chi connectivity index (χ0n) is 21.2. The summed E-state index contributed by atoms with van der Waals surface area (Å²) >= 11 is 0. The van der Waals surface area contributed by atoms with Crippen molar-refractivity contribution in [2.24, 2.45) is 0 Å². The van der Waals surface area contributed by atoms with Crippen molar-refractivity contribution >= 4 is 23.4 Å². The summed E-state index contributed by atoms with van der Waals surface area (Å²) in [6.45, 7) is 7.74. The molecule has 1 amide bonds. The zero-order chi connectivity index (χ0) is 25.1. The Morgan fingerprint density at radius 2 is 2.03 bits per heavy atom. The number of ether oxygens (including phenoxy) is 1. The van der Waals surface area contributed by atoms with Gasteiger partial charge in [-0.25, -0.2) is 9.78 Å². The Labute approximate surface area is 212 Å². The lowest BCUT2D eigenvalue weighted by Crippen LogP contribution is -2.40. The summed E-state index contributed by atoms with van der Waals surface area (Å²) in [5.74, 6) is 1.73. The molecule has 36 heavy (non-hydrogen) atoms. The Morgan fingerprint density at radius 3 is 2.78 bits per heavy atom. The van der Waals surface area contributed by atoms with Crippen LogP contribution in [0, 0.1) is 0 Å². The molecule has 3 aromatic rings. The quantitative estimate of drug-likeness (QED) is 0.468. The van der Waals surface area contributed by atoms with Crippen molar-refractivity contribution in [1.29, 1.82) is 0 Å². The van der Waals surface area contributed by atoms with E-state index in [-0.39, 0.29) is 12.1 Å². The number of hydrogen-bond donors (Lipinski definition) is 2. The van der Waals surface area contributed by atoms with Crippen molar-refractivity contribution < 1.29 is 9.53 Å². The van der Waals surface area contributed by atoms with Crippen molar-refractivity contribution in [2.75, 3.05) is 23.7 Å². The van der Waals surface area contributed by atoms with Gasteiger partial charge in [0.05, 0.1) is 6.04 Å². The van der Waals surface area contributed by atoms with Crippen LogP contribution in [0.4, 0.5) is 22.1 Å². The van der Waals surface area contributed by atoms with Gasteiger partial charge in [0, 0.05) is 55.8 Å². The summed E-state index contributed by atoms with van der Waals surface area (Å²) in [6.07, 6.45) is 8.34. The SMILES string of the molecule is CC(C)(C)OC(=O)N1CC=C(C2Cc3c(Nc4ccn(CCc5ccccc5)n4)ccnc3N2)CC1. The average molecular weight is 487 g/mol. The number of anilines is 3. The van der Waals surface area contributed by atoms with Crippen LogP contribution in [0.2, 0.25) is 0 Å². The van der Waals surface area contributed by atoms with Crippen molar-refractivity contribution in [3.05, 3.63) is 77.6 Å². The Morgan fingerprint density at radius 1 is 1.19 bits per heavy atom. The van der Waals surface area contributed by atoms with Gasteiger partial charge in [-0.2, -0.15) is 5.10 Å². The fourth-order valence-electron chi connectivity index (χ4n) is 4.66. The van der Waals surface area contributed by atoms with Crippen LogP contribution in [0.5, 0.6) is 0 Å². The predicted molar refractivity (Wildman–Crippen MR) is 142 cm³/mol. The number of benzene rings is 1. The molecule has 1 aromatic carbocycles. The van der Waals surface area contributed by atoms with Gasteiger partial charge in [0.1, 0.15) is 11.4 Å². The zero-order valence-corrected chi connectivity index (χ0v) is 21.2. The van der Waals surface area contributed by atoms with Crippen molar-refractivity contribution in [2.45, 2.75) is 58.2 Å². The number of amides is 1. The first-order valence-corrected chi connectivity index (χ1v) is 12.6. The molecule has 8 nitrogen and oxygen atoms in total. The second kappa shape index (κ2) is 10.0. The summed E-state index contributed by atoms with van der Waals surface area (Å²) in [5, 5.41) is 11.8. The van der Waals surface area contributed by atoms with Crippen LogP contribution < -0.4 is 10.6 Å². The van der Waals surface area contributed by atoms with Crippen LogP contribution >= 0.6 is 0 Å². The number of nitrogens with one attached hydrogen (secondary N) is 2. The molecule has 0 radical (unpaired) electrons. The van der Waals surface area contributed by atoms with Crippen LogP contribution in [0.3, 0.4) is 0 Å². The molecule has 4 heterocycles. The third-order valence-corrected chi connectivity index (χ3v) is 6.49. The van der Waals surface area contributed by atoms with E-state index < -0.39 is 5.60 Å². The minimum Gasteiger partial charge on any atom is -0.444 e. The maximum atomic E-state index is 12.4. The molecular formula is C28H34N6O2. The lowest BCUT2D eigenvalue weighted by Gasteiger charge is -2.31. The first-order valence-electron chi connectivity index (χ1n) is 12.6. The van der Waals surface area contributed by atoms with Crippen molar-refractivity contribution in [1.82, 2.24) is 19.7 Å². The summed E-state index contributed by atoms with van der Waals surface area (Å²) in [5.41, 5.74) is 4.32. The molecule has 0 saturated heterocycles. The maximum absolute atomic E-state index is 12.4. The molecule has 2 N–H and O–H groups in total. The lowest BCUT2D eigenvalue weighted by atomic mass is 9.97. The fraction of sp³-hybridized carbons (Fsp3) is 0.393. The molecule has 0 bridgehead atoms. The number of carbonyl (C=O) groups excluding carboxylic acids is 1. The molecule has 1 atom stereocenters. The van der Waals surface area contributed by atoms with Crippen LogP contribution in [-0.2, 0) is 24.1 Å². The van der Waals surface area contributed by atoms with Gasteiger partial charge in [-0.05, 0) is 50.8 Å². The standard InChI is InChI=1S/C28H34N6O2/c1-28(2,3)36-27(35)33-15-11-21(12-16-33)24-19-22-23(9-14-29-26(22)31-24)30-25-13-18-34(32-25)17-10-20-7-5-4-6-8-20/h4-9,11,13-14,18,24H,10,12,15-17,19H2,1-3H3,(H2,29,30,31,32). The molecule has 188 valence electrons. The summed E-state index contributed by atoms with van der Waals surface area (Å²) in [6, 6.07) is 14.6. The van der Waals surface area contributed by atoms with E-state index in [0.717, 1.165) is 48.7 Å². The highest BCUT2D eigenvalue weighted by atomic mass is 16.6. The lowest BCUT2D eigenvalue weighted by molar-refractivity contribution is 0.0265. The number of aromatic nitrogens is 3. The fourth-order valence-corrected chi connectivity index (χ4v) is 4.66. The largest absolute Gasteiger partial charge is 0.444 e. The van der Waals surface area contributed by atoms with E-state index in [1.54, 1.807) is 4.90 Å². The Balaban J connectivity index is 1.20. The molecular weight excluding hydrogens is 452 g/mol. The Hall–Kier alpha value is -3.81. The summed E-state index contributed by atoms with van der Waals surface area (Å²) < 4.78 is 7.49. The van der Waals surface area contributed by atoms with Gasteiger partial charge in [-0.3, -0.25) is 4.68 Å². The third kappa shape index (κ3) is 5.70. The predicted octanol–water partition coefficient (Wildman–Crippen LogP) is 5.17. The number of aryl methyl sites for hydroxylation is 2. The molecule has 2 aromatic heterocycles. The number of nitrogens with zero attached hydrogens (tertiary/aromatic N) is 4. The number of rotatable bonds is 6. The molecule has 0 fully saturated rings.